The predicted molar refractivity (Wildman–Crippen MR) is 138 cm³/mol. The fraction of sp³-hybridized carbons (Fsp3) is 0.345. The summed E-state index contributed by atoms with van der Waals surface area (Å²) in [5.74, 6) is -2.57. The molecular formula is C29H30O11. The third-order valence-corrected chi connectivity index (χ3v) is 6.50. The maximum absolute atomic E-state index is 12.6. The topological polar surface area (TPSA) is 169 Å². The molecule has 1 aliphatic carbocycles. The zero-order valence-corrected chi connectivity index (χ0v) is 21.4. The number of ether oxygens (including phenoxy) is 4. The Hall–Kier alpha value is -3.87. The summed E-state index contributed by atoms with van der Waals surface area (Å²) in [4.78, 5) is 37.2. The Morgan fingerprint density at radius 1 is 1.05 bits per heavy atom. The van der Waals surface area contributed by atoms with E-state index in [0.29, 0.717) is 12.0 Å². The van der Waals surface area contributed by atoms with Crippen molar-refractivity contribution >= 4 is 23.8 Å². The number of carbonyl (C=O) groups is 3. The molecule has 11 heteroatoms. The Kier molecular flexibility index (Phi) is 9.46. The summed E-state index contributed by atoms with van der Waals surface area (Å²) in [6.07, 6.45) is -1.81. The molecule has 0 bridgehead atoms. The molecule has 1 saturated heterocycles. The van der Waals surface area contributed by atoms with Gasteiger partial charge >= 0.3 is 11.9 Å². The standard InChI is InChI=1S/C29H30O11/c30-16-21-24(33)25(34)26(40-23(32)14-13-18-8-2-1-3-9-18)27(39-21)38-20-11-5-4-10-19(20)17-37-28(35)29(36)15-7-6-12-22(29)31/h1-5,7-11,13-15,21,24-27,30,33-34,36H,6,12,16-17H2/t21-,24-,25+,26-,27-,29+/m1/s1. The van der Waals surface area contributed by atoms with E-state index in [1.54, 1.807) is 42.5 Å². The maximum atomic E-state index is 12.6. The first kappa shape index (κ1) is 29.1. The van der Waals surface area contributed by atoms with Gasteiger partial charge in [-0.05, 0) is 30.2 Å². The van der Waals surface area contributed by atoms with Crippen LogP contribution in [0.25, 0.3) is 6.08 Å². The average molecular weight is 555 g/mol. The normalized spacial score (nSPS) is 28.3. The van der Waals surface area contributed by atoms with Crippen LogP contribution < -0.4 is 4.74 Å². The van der Waals surface area contributed by atoms with Gasteiger partial charge in [-0.15, -0.1) is 0 Å². The van der Waals surface area contributed by atoms with E-state index < -0.39 is 67.2 Å². The first-order valence-corrected chi connectivity index (χ1v) is 12.6. The number of Topliss-reactive ketones (excluding diaryl/α,β-unsaturated/α-hetero) is 1. The molecular weight excluding hydrogens is 524 g/mol. The molecule has 0 unspecified atom stereocenters. The van der Waals surface area contributed by atoms with Crippen LogP contribution >= 0.6 is 0 Å². The fourth-order valence-electron chi connectivity index (χ4n) is 4.23. The summed E-state index contributed by atoms with van der Waals surface area (Å²) in [6.45, 7) is -1.06. The molecule has 0 aromatic heterocycles. The number of allylic oxidation sites excluding steroid dienone is 1. The van der Waals surface area contributed by atoms with Gasteiger partial charge in [0.25, 0.3) is 0 Å². The largest absolute Gasteiger partial charge is 0.460 e. The molecule has 2 aromatic carbocycles. The van der Waals surface area contributed by atoms with Crippen LogP contribution in [0.2, 0.25) is 0 Å². The Bertz CT molecular complexity index is 1260. The van der Waals surface area contributed by atoms with Crippen molar-refractivity contribution in [2.75, 3.05) is 6.61 Å². The van der Waals surface area contributed by atoms with Gasteiger partial charge in [-0.3, -0.25) is 4.79 Å². The van der Waals surface area contributed by atoms with Crippen molar-refractivity contribution in [2.45, 2.75) is 55.8 Å². The summed E-state index contributed by atoms with van der Waals surface area (Å²) < 4.78 is 22.1. The van der Waals surface area contributed by atoms with E-state index in [2.05, 4.69) is 0 Å². The van der Waals surface area contributed by atoms with Gasteiger partial charge in [0.2, 0.25) is 11.9 Å². The van der Waals surface area contributed by atoms with Crippen molar-refractivity contribution in [1.82, 2.24) is 0 Å². The number of hydrogen-bond donors (Lipinski definition) is 4. The van der Waals surface area contributed by atoms with Gasteiger partial charge in [0.05, 0.1) is 6.61 Å². The number of esters is 2. The highest BCUT2D eigenvalue weighted by molar-refractivity contribution is 6.09. The molecule has 212 valence electrons. The van der Waals surface area contributed by atoms with E-state index >= 15 is 0 Å². The zero-order valence-electron chi connectivity index (χ0n) is 21.4. The lowest BCUT2D eigenvalue weighted by Gasteiger charge is -2.41. The molecule has 0 radical (unpaired) electrons. The van der Waals surface area contributed by atoms with Crippen LogP contribution in [0.5, 0.6) is 5.75 Å². The third kappa shape index (κ3) is 6.64. The minimum atomic E-state index is -2.37. The molecule has 2 aromatic rings. The van der Waals surface area contributed by atoms with Crippen molar-refractivity contribution < 1.29 is 53.8 Å². The van der Waals surface area contributed by atoms with Crippen LogP contribution in [0.15, 0.2) is 72.8 Å². The number of carbonyl (C=O) groups excluding carboxylic acids is 3. The molecule has 4 rings (SSSR count). The number of ketones is 1. The molecule has 0 spiro atoms. The molecule has 2 aliphatic rings. The van der Waals surface area contributed by atoms with Gasteiger partial charge in [-0.2, -0.15) is 0 Å². The van der Waals surface area contributed by atoms with E-state index in [-0.39, 0.29) is 12.2 Å². The van der Waals surface area contributed by atoms with Gasteiger partial charge in [0.1, 0.15) is 30.7 Å². The molecule has 0 amide bonds. The number of rotatable bonds is 9. The predicted octanol–water partition coefficient (Wildman–Crippen LogP) is 0.823. The van der Waals surface area contributed by atoms with Gasteiger partial charge in [0.15, 0.2) is 11.9 Å². The number of aliphatic hydroxyl groups is 4. The van der Waals surface area contributed by atoms with Crippen LogP contribution in [0.3, 0.4) is 0 Å². The van der Waals surface area contributed by atoms with Gasteiger partial charge in [0, 0.05) is 18.1 Å². The van der Waals surface area contributed by atoms with Crippen molar-refractivity contribution in [1.29, 1.82) is 0 Å². The van der Waals surface area contributed by atoms with Crippen LogP contribution in [-0.4, -0.2) is 81.1 Å². The highest BCUT2D eigenvalue weighted by Gasteiger charge is 2.48. The van der Waals surface area contributed by atoms with E-state index in [9.17, 15) is 34.8 Å². The van der Waals surface area contributed by atoms with E-state index in [0.717, 1.165) is 17.7 Å². The molecule has 0 saturated carbocycles. The summed E-state index contributed by atoms with van der Waals surface area (Å²) in [7, 11) is 0. The Morgan fingerprint density at radius 3 is 2.50 bits per heavy atom. The smallest absolute Gasteiger partial charge is 0.350 e. The van der Waals surface area contributed by atoms with Crippen LogP contribution in [0, 0.1) is 0 Å². The van der Waals surface area contributed by atoms with Gasteiger partial charge < -0.3 is 39.4 Å². The van der Waals surface area contributed by atoms with Gasteiger partial charge in [-0.1, -0.05) is 54.6 Å². The lowest BCUT2D eigenvalue weighted by Crippen LogP contribution is -2.61. The van der Waals surface area contributed by atoms with Crippen molar-refractivity contribution in [3.63, 3.8) is 0 Å². The lowest BCUT2D eigenvalue weighted by molar-refractivity contribution is -0.281. The van der Waals surface area contributed by atoms with E-state index in [1.807, 2.05) is 6.07 Å². The monoisotopic (exact) mass is 554 g/mol. The summed E-state index contributed by atoms with van der Waals surface area (Å²) in [5.41, 5.74) is -1.35. The molecule has 40 heavy (non-hydrogen) atoms. The highest BCUT2D eigenvalue weighted by atomic mass is 16.7. The van der Waals surface area contributed by atoms with E-state index in [1.165, 1.54) is 18.2 Å². The second-order valence-electron chi connectivity index (χ2n) is 9.28. The first-order chi connectivity index (χ1) is 19.2. The molecule has 6 atom stereocenters. The van der Waals surface area contributed by atoms with Crippen LogP contribution in [0.4, 0.5) is 0 Å². The second kappa shape index (κ2) is 13.0. The third-order valence-electron chi connectivity index (χ3n) is 6.50. The zero-order chi connectivity index (χ0) is 28.7. The minimum Gasteiger partial charge on any atom is -0.460 e. The van der Waals surface area contributed by atoms with Crippen molar-refractivity contribution in [3.8, 4) is 5.75 Å². The SMILES string of the molecule is O=C(C=Cc1ccccc1)O[C@H]1[C@H](Oc2ccccc2COC(=O)[C@]2(O)C=CCCC2=O)O[C@H](CO)[C@@H](O)[C@@H]1O. The maximum Gasteiger partial charge on any atom is 0.350 e. The Labute approximate surface area is 229 Å². The number of hydrogen-bond acceptors (Lipinski definition) is 11. The Morgan fingerprint density at radius 2 is 1.77 bits per heavy atom. The minimum absolute atomic E-state index is 0.00165. The van der Waals surface area contributed by atoms with E-state index in [4.69, 9.17) is 18.9 Å². The number of aliphatic hydroxyl groups excluding tert-OH is 3. The van der Waals surface area contributed by atoms with Crippen LogP contribution in [-0.2, 0) is 35.2 Å². The lowest BCUT2D eigenvalue weighted by atomic mass is 9.90. The van der Waals surface area contributed by atoms with Crippen LogP contribution in [0.1, 0.15) is 24.0 Å². The highest BCUT2D eigenvalue weighted by Crippen LogP contribution is 2.29. The fourth-order valence-corrected chi connectivity index (χ4v) is 4.23. The van der Waals surface area contributed by atoms with Gasteiger partial charge in [-0.25, -0.2) is 9.59 Å². The van der Waals surface area contributed by atoms with Crippen molar-refractivity contribution in [2.24, 2.45) is 0 Å². The number of para-hydroxylation sites is 1. The quantitative estimate of drug-likeness (QED) is 0.150. The number of benzene rings is 2. The Balaban J connectivity index is 1.50. The molecule has 1 aliphatic heterocycles. The molecule has 11 nitrogen and oxygen atoms in total. The average Bonchev–Trinajstić information content (AvgIpc) is 2.97. The van der Waals surface area contributed by atoms with Crippen molar-refractivity contribution in [3.05, 3.63) is 84.0 Å². The summed E-state index contributed by atoms with van der Waals surface area (Å²) in [5, 5.41) is 41.2. The molecule has 1 heterocycles. The summed E-state index contributed by atoms with van der Waals surface area (Å²) >= 11 is 0. The molecule has 1 fully saturated rings. The molecule has 4 N–H and O–H groups in total. The summed E-state index contributed by atoms with van der Waals surface area (Å²) in [6, 6.07) is 15.2. The first-order valence-electron chi connectivity index (χ1n) is 12.6. The second-order valence-corrected chi connectivity index (χ2v) is 9.28.